The first-order chi connectivity index (χ1) is 12.9. The van der Waals surface area contributed by atoms with Crippen LogP contribution in [-0.2, 0) is 0 Å². The van der Waals surface area contributed by atoms with Gasteiger partial charge in [0.2, 0.25) is 0 Å². The number of aliphatic imine (C=N–C) groups is 1. The van der Waals surface area contributed by atoms with Crippen LogP contribution in [0.1, 0.15) is 18.1 Å². The molecule has 2 N–H and O–H groups in total. The Kier molecular flexibility index (Phi) is 4.06. The van der Waals surface area contributed by atoms with Crippen LogP contribution in [0, 0.1) is 13.8 Å². The number of likely N-dealkylation sites (N-methyl/N-ethyl adjacent to an activating group) is 1. The number of hydrogen-bond acceptors (Lipinski definition) is 4. The lowest BCUT2D eigenvalue weighted by Gasteiger charge is -2.40. The van der Waals surface area contributed by atoms with Crippen molar-refractivity contribution < 1.29 is 0 Å². The molecule has 0 saturated carbocycles. The third kappa shape index (κ3) is 2.81. The third-order valence-corrected chi connectivity index (χ3v) is 5.39. The van der Waals surface area contributed by atoms with Crippen LogP contribution in [0.2, 0.25) is 0 Å². The first-order valence-electron chi connectivity index (χ1n) is 9.28. The maximum absolute atomic E-state index is 6.28. The highest BCUT2D eigenvalue weighted by Gasteiger charge is 2.33. The van der Waals surface area contributed by atoms with Crippen LogP contribution in [0.4, 0.5) is 22.7 Å². The smallest absolute Gasteiger partial charge is 0.0970 e. The maximum Gasteiger partial charge on any atom is 0.0970 e. The van der Waals surface area contributed by atoms with Gasteiger partial charge in [0.1, 0.15) is 0 Å². The number of nitrogen functional groups attached to an aromatic ring is 1. The summed E-state index contributed by atoms with van der Waals surface area (Å²) in [5, 5.41) is 0. The van der Waals surface area contributed by atoms with Gasteiger partial charge in [-0.15, -0.1) is 0 Å². The molecule has 0 fully saturated rings. The molecule has 1 atom stereocenters. The van der Waals surface area contributed by atoms with Crippen molar-refractivity contribution in [2.24, 2.45) is 4.99 Å². The first-order valence-corrected chi connectivity index (χ1v) is 9.28. The van der Waals surface area contributed by atoms with Gasteiger partial charge in [-0.25, -0.2) is 4.99 Å². The molecule has 138 valence electrons. The zero-order valence-corrected chi connectivity index (χ0v) is 16.6. The average Bonchev–Trinajstić information content (AvgIpc) is 2.61. The minimum absolute atomic E-state index is 0.0433. The molecule has 0 radical (unpaired) electrons. The lowest BCUT2D eigenvalue weighted by Crippen LogP contribution is -2.41. The van der Waals surface area contributed by atoms with Gasteiger partial charge in [-0.3, -0.25) is 0 Å². The maximum atomic E-state index is 6.28. The molecule has 0 amide bonds. The predicted octanol–water partition coefficient (Wildman–Crippen LogP) is 4.88. The number of benzene rings is 2. The van der Waals surface area contributed by atoms with Crippen molar-refractivity contribution in [3.05, 3.63) is 70.9 Å². The van der Waals surface area contributed by atoms with Crippen molar-refractivity contribution in [1.82, 2.24) is 4.90 Å². The minimum atomic E-state index is 0.0433. The molecule has 0 saturated heterocycles. The molecule has 1 heterocycles. The molecule has 4 nitrogen and oxygen atoms in total. The Balaban J connectivity index is 1.99. The summed E-state index contributed by atoms with van der Waals surface area (Å²) >= 11 is 0. The van der Waals surface area contributed by atoms with Gasteiger partial charge in [-0.2, -0.15) is 0 Å². The zero-order chi connectivity index (χ0) is 19.3. The number of nitrogens with zero attached hydrogens (tertiary/aromatic N) is 3. The Morgan fingerprint density at radius 1 is 1.00 bits per heavy atom. The fourth-order valence-electron chi connectivity index (χ4n) is 3.94. The molecule has 1 aliphatic carbocycles. The van der Waals surface area contributed by atoms with Gasteiger partial charge >= 0.3 is 0 Å². The molecule has 4 heteroatoms. The lowest BCUT2D eigenvalue weighted by atomic mass is 9.93. The van der Waals surface area contributed by atoms with Gasteiger partial charge in [-0.05, 0) is 67.8 Å². The van der Waals surface area contributed by atoms with Gasteiger partial charge < -0.3 is 15.5 Å². The Hall–Kier alpha value is -3.01. The molecule has 1 aliphatic heterocycles. The number of fused-ring (bicyclic) bond motifs is 2. The van der Waals surface area contributed by atoms with E-state index in [2.05, 4.69) is 86.3 Å². The minimum Gasteiger partial charge on any atom is -0.398 e. The number of hydrogen-bond donors (Lipinski definition) is 1. The number of anilines is 3. The molecular weight excluding hydrogens is 332 g/mol. The van der Waals surface area contributed by atoms with Crippen LogP contribution in [0.3, 0.4) is 0 Å². The van der Waals surface area contributed by atoms with E-state index in [4.69, 9.17) is 10.7 Å². The second kappa shape index (κ2) is 6.31. The summed E-state index contributed by atoms with van der Waals surface area (Å²) in [6.07, 6.45) is 4.51. The fraction of sp³-hybridized carbons (Fsp3) is 0.261. The second-order valence-corrected chi connectivity index (χ2v) is 7.61. The average molecular weight is 358 g/mol. The fourth-order valence-corrected chi connectivity index (χ4v) is 3.94. The van der Waals surface area contributed by atoms with Crippen LogP contribution in [0.25, 0.3) is 0 Å². The van der Waals surface area contributed by atoms with E-state index in [0.717, 1.165) is 28.3 Å². The number of nitrogens with two attached hydrogens (primary N) is 1. The van der Waals surface area contributed by atoms with E-state index in [0.29, 0.717) is 0 Å². The molecule has 0 spiro atoms. The lowest BCUT2D eigenvalue weighted by molar-refractivity contribution is 0.517. The van der Waals surface area contributed by atoms with Crippen molar-refractivity contribution in [3.8, 4) is 0 Å². The summed E-state index contributed by atoms with van der Waals surface area (Å²) in [5.74, 6) is 0. The van der Waals surface area contributed by atoms with E-state index in [1.54, 1.807) is 0 Å². The monoisotopic (exact) mass is 358 g/mol. The normalized spacial score (nSPS) is 18.2. The zero-order valence-electron chi connectivity index (χ0n) is 16.6. The summed E-state index contributed by atoms with van der Waals surface area (Å²) < 4.78 is 0. The van der Waals surface area contributed by atoms with Gasteiger partial charge in [-0.1, -0.05) is 18.2 Å². The van der Waals surface area contributed by atoms with Gasteiger partial charge in [0.05, 0.1) is 23.1 Å². The molecule has 4 rings (SSSR count). The van der Waals surface area contributed by atoms with Crippen molar-refractivity contribution in [1.29, 1.82) is 0 Å². The van der Waals surface area contributed by atoms with Crippen LogP contribution in [0.15, 0.2) is 64.8 Å². The van der Waals surface area contributed by atoms with Crippen LogP contribution in [0.5, 0.6) is 0 Å². The molecule has 27 heavy (non-hydrogen) atoms. The quantitative estimate of drug-likeness (QED) is 0.778. The highest BCUT2D eigenvalue weighted by molar-refractivity contribution is 6.11. The van der Waals surface area contributed by atoms with Gasteiger partial charge in [0.25, 0.3) is 0 Å². The number of allylic oxidation sites excluding steroid dienone is 1. The van der Waals surface area contributed by atoms with E-state index >= 15 is 0 Å². The molecule has 0 aromatic heterocycles. The highest BCUT2D eigenvalue weighted by Crippen LogP contribution is 2.44. The molecular formula is C23H26N4. The van der Waals surface area contributed by atoms with E-state index < -0.39 is 0 Å². The van der Waals surface area contributed by atoms with Crippen LogP contribution in [-0.4, -0.2) is 30.7 Å². The standard InChI is InChI=1S/C23H26N4/c1-14-8-6-7-9-20(14)27-22-12-17(24)15(2)10-18(22)25-19-11-16(3)21(26(4)5)13-23(19)27/h6-13,23H,24H2,1-5H3. The molecule has 2 aromatic carbocycles. The predicted molar refractivity (Wildman–Crippen MR) is 115 cm³/mol. The third-order valence-electron chi connectivity index (χ3n) is 5.39. The van der Waals surface area contributed by atoms with Crippen LogP contribution < -0.4 is 10.6 Å². The van der Waals surface area contributed by atoms with E-state index in [1.807, 2.05) is 6.92 Å². The molecule has 2 aromatic rings. The van der Waals surface area contributed by atoms with E-state index in [1.165, 1.54) is 22.5 Å². The summed E-state index contributed by atoms with van der Waals surface area (Å²) in [4.78, 5) is 9.53. The largest absolute Gasteiger partial charge is 0.398 e. The number of rotatable bonds is 2. The summed E-state index contributed by atoms with van der Waals surface area (Å²) in [6, 6.07) is 12.7. The van der Waals surface area contributed by atoms with Crippen molar-refractivity contribution in [2.75, 3.05) is 24.7 Å². The molecule has 2 aliphatic rings. The Morgan fingerprint density at radius 3 is 2.44 bits per heavy atom. The van der Waals surface area contributed by atoms with Crippen molar-refractivity contribution >= 4 is 28.5 Å². The highest BCUT2D eigenvalue weighted by atomic mass is 15.2. The summed E-state index contributed by atoms with van der Waals surface area (Å²) in [6.45, 7) is 6.33. The Morgan fingerprint density at radius 2 is 1.74 bits per heavy atom. The van der Waals surface area contributed by atoms with Gasteiger partial charge in [0.15, 0.2) is 0 Å². The number of para-hydroxylation sites is 1. The van der Waals surface area contributed by atoms with Crippen molar-refractivity contribution in [2.45, 2.75) is 26.8 Å². The Bertz CT molecular complexity index is 1010. The van der Waals surface area contributed by atoms with Crippen molar-refractivity contribution in [3.63, 3.8) is 0 Å². The number of aryl methyl sites for hydroxylation is 2. The van der Waals surface area contributed by atoms with Crippen LogP contribution >= 0.6 is 0 Å². The molecule has 1 unspecified atom stereocenters. The van der Waals surface area contributed by atoms with E-state index in [9.17, 15) is 0 Å². The second-order valence-electron chi connectivity index (χ2n) is 7.61. The summed E-state index contributed by atoms with van der Waals surface area (Å²) in [7, 11) is 4.17. The molecule has 0 bridgehead atoms. The summed E-state index contributed by atoms with van der Waals surface area (Å²) in [5.41, 5.74) is 16.1. The van der Waals surface area contributed by atoms with Gasteiger partial charge in [0, 0.05) is 31.2 Å². The Labute approximate surface area is 161 Å². The SMILES string of the molecule is CC1=CC2=Nc3cc(C)c(N)cc3N(c3ccccc3C)C2C=C1N(C)C. The topological polar surface area (TPSA) is 44.9 Å². The van der Waals surface area contributed by atoms with E-state index in [-0.39, 0.29) is 6.04 Å². The first kappa shape index (κ1) is 17.4.